The topological polar surface area (TPSA) is 55.8 Å². The van der Waals surface area contributed by atoms with Crippen molar-refractivity contribution in [2.24, 2.45) is 0 Å². The Balaban J connectivity index is 2.74. The van der Waals surface area contributed by atoms with Gasteiger partial charge in [-0.25, -0.2) is 0 Å². The predicted octanol–water partition coefficient (Wildman–Crippen LogP) is 1.89. The number of rotatable bonds is 3. The van der Waals surface area contributed by atoms with E-state index in [4.69, 9.17) is 9.31 Å². The van der Waals surface area contributed by atoms with Gasteiger partial charge < -0.3 is 9.31 Å². The normalized spacial score (nSPS) is 19.7. The fourth-order valence-corrected chi connectivity index (χ4v) is 1.70. The summed E-state index contributed by atoms with van der Waals surface area (Å²) in [6.07, 6.45) is 7.37. The lowest BCUT2D eigenvalue weighted by Gasteiger charge is -2.22. The molecule has 0 unspecified atom stereocenters. The van der Waals surface area contributed by atoms with Gasteiger partial charge in [0.15, 0.2) is 0 Å². The zero-order valence-electron chi connectivity index (χ0n) is 11.8. The fourth-order valence-electron chi connectivity index (χ4n) is 1.49. The van der Waals surface area contributed by atoms with Gasteiger partial charge in [-0.15, -0.1) is 0 Å². The number of allylic oxidation sites excluding steroid dienone is 6. The molecule has 0 N–H and O–H groups in total. The van der Waals surface area contributed by atoms with Crippen molar-refractivity contribution in [1.82, 2.24) is 4.90 Å². The van der Waals surface area contributed by atoms with Gasteiger partial charge in [-0.1, -0.05) is 24.3 Å². The van der Waals surface area contributed by atoms with Crippen LogP contribution in [0.5, 0.6) is 0 Å². The van der Waals surface area contributed by atoms with Crippen LogP contribution in [-0.2, 0) is 18.9 Å². The first-order chi connectivity index (χ1) is 9.38. The van der Waals surface area contributed by atoms with Gasteiger partial charge >= 0.3 is 19.1 Å². The number of carbonyl (C=O) groups is 2. The lowest BCUT2D eigenvalue weighted by atomic mass is 9.78. The summed E-state index contributed by atoms with van der Waals surface area (Å²) in [6.45, 7) is 3.88. The molecule has 1 saturated heterocycles. The van der Waals surface area contributed by atoms with E-state index in [2.05, 4.69) is 22.6 Å². The summed E-state index contributed by atoms with van der Waals surface area (Å²) >= 11 is 2.21. The summed E-state index contributed by atoms with van der Waals surface area (Å²) in [4.78, 5) is 24.7. The van der Waals surface area contributed by atoms with Gasteiger partial charge in [-0.05, 0) is 52.5 Å². The Hall–Kier alpha value is -1.09. The lowest BCUT2D eigenvalue weighted by Crippen LogP contribution is -2.43. The minimum Gasteiger partial charge on any atom is -0.495 e. The zero-order valence-corrected chi connectivity index (χ0v) is 13.9. The van der Waals surface area contributed by atoms with Crippen molar-refractivity contribution in [3.05, 3.63) is 33.4 Å². The molecule has 0 aromatic carbocycles. The quantitative estimate of drug-likeness (QED) is 0.420. The van der Waals surface area contributed by atoms with Crippen LogP contribution < -0.4 is 0 Å². The molecule has 0 aromatic heterocycles. The monoisotopic (exact) mass is 389 g/mol. The van der Waals surface area contributed by atoms with E-state index in [0.717, 1.165) is 3.58 Å². The largest absolute Gasteiger partial charge is 0.631 e. The van der Waals surface area contributed by atoms with Gasteiger partial charge in [0.1, 0.15) is 0 Å². The molecule has 1 rings (SSSR count). The smallest absolute Gasteiger partial charge is 0.495 e. The van der Waals surface area contributed by atoms with Crippen LogP contribution in [0.2, 0.25) is 0 Å². The van der Waals surface area contributed by atoms with Gasteiger partial charge in [0.05, 0.1) is 13.1 Å². The molecule has 20 heavy (non-hydrogen) atoms. The third-order valence-corrected chi connectivity index (χ3v) is 2.80. The Bertz CT molecular complexity index is 449. The van der Waals surface area contributed by atoms with E-state index in [1.54, 1.807) is 24.9 Å². The summed E-state index contributed by atoms with van der Waals surface area (Å²) in [7, 11) is 0.713. The van der Waals surface area contributed by atoms with Crippen LogP contribution in [0.3, 0.4) is 0 Å². The number of likely N-dealkylation sites (N-methyl/N-ethyl adjacent to an activating group) is 1. The zero-order chi connectivity index (χ0) is 15.1. The van der Waals surface area contributed by atoms with E-state index < -0.39 is 19.1 Å². The highest BCUT2D eigenvalue weighted by molar-refractivity contribution is 14.1. The molecule has 0 aromatic rings. The molecule has 108 valence electrons. The van der Waals surface area contributed by atoms with Crippen LogP contribution in [0.4, 0.5) is 0 Å². The average Bonchev–Trinajstić information content (AvgIpc) is 2.31. The van der Waals surface area contributed by atoms with E-state index in [9.17, 15) is 9.59 Å². The van der Waals surface area contributed by atoms with Gasteiger partial charge in [0.2, 0.25) is 0 Å². The summed E-state index contributed by atoms with van der Waals surface area (Å²) in [5, 5.41) is 0. The van der Waals surface area contributed by atoms with Crippen LogP contribution in [0.1, 0.15) is 13.8 Å². The highest BCUT2D eigenvalue weighted by Crippen LogP contribution is 2.09. The first kappa shape index (κ1) is 17.0. The second-order valence-electron chi connectivity index (χ2n) is 4.53. The lowest BCUT2D eigenvalue weighted by molar-refractivity contribution is -0.145. The van der Waals surface area contributed by atoms with Crippen molar-refractivity contribution < 1.29 is 18.9 Å². The molecule has 5 nitrogen and oxygen atoms in total. The van der Waals surface area contributed by atoms with E-state index in [1.165, 1.54) is 0 Å². The Morgan fingerprint density at radius 1 is 1.15 bits per heavy atom. The third-order valence-electron chi connectivity index (χ3n) is 2.44. The molecule has 1 aliphatic rings. The van der Waals surface area contributed by atoms with E-state index >= 15 is 0 Å². The molecule has 0 atom stereocenters. The first-order valence-electron chi connectivity index (χ1n) is 6.13. The summed E-state index contributed by atoms with van der Waals surface area (Å²) in [6, 6.07) is 0. The fraction of sp³-hybridized carbons (Fsp3) is 0.385. The SMILES string of the molecule is C\C(I)=C/C=C/C=C(/C)B1OC(=O)CN(C)CC(=O)O1. The van der Waals surface area contributed by atoms with E-state index in [1.807, 2.05) is 25.2 Å². The second kappa shape index (κ2) is 8.26. The van der Waals surface area contributed by atoms with Crippen LogP contribution >= 0.6 is 22.6 Å². The maximum Gasteiger partial charge on any atom is 0.631 e. The number of hydrogen-bond acceptors (Lipinski definition) is 5. The molecule has 1 aliphatic heterocycles. The standard InChI is InChI=1S/C13H17BINO4/c1-10(6-4-5-7-11(2)15)14-19-12(17)8-16(3)9-13(18)20-14/h4-7H,8-9H2,1-3H3/b5-4+,10-6-,11-7+. The molecule has 0 radical (unpaired) electrons. The van der Waals surface area contributed by atoms with Crippen molar-refractivity contribution >= 4 is 41.6 Å². The maximum atomic E-state index is 11.6. The van der Waals surface area contributed by atoms with Crippen molar-refractivity contribution in [3.63, 3.8) is 0 Å². The van der Waals surface area contributed by atoms with Gasteiger partial charge in [0, 0.05) is 0 Å². The first-order valence-corrected chi connectivity index (χ1v) is 7.21. The van der Waals surface area contributed by atoms with Crippen LogP contribution in [0, 0.1) is 0 Å². The van der Waals surface area contributed by atoms with Gasteiger partial charge in [-0.2, -0.15) is 0 Å². The highest BCUT2D eigenvalue weighted by atomic mass is 127. The van der Waals surface area contributed by atoms with E-state index in [-0.39, 0.29) is 13.1 Å². The number of nitrogens with zero attached hydrogens (tertiary/aromatic N) is 1. The van der Waals surface area contributed by atoms with Gasteiger partial charge in [-0.3, -0.25) is 14.5 Å². The Morgan fingerprint density at radius 2 is 1.65 bits per heavy atom. The van der Waals surface area contributed by atoms with Crippen molar-refractivity contribution in [2.45, 2.75) is 13.8 Å². The Morgan fingerprint density at radius 3 is 2.15 bits per heavy atom. The van der Waals surface area contributed by atoms with E-state index in [0.29, 0.717) is 5.47 Å². The van der Waals surface area contributed by atoms with Crippen LogP contribution in [0.25, 0.3) is 0 Å². The number of halogens is 1. The molecule has 1 heterocycles. The molecule has 1 fully saturated rings. The Kier molecular flexibility index (Phi) is 7.01. The summed E-state index contributed by atoms with van der Waals surface area (Å²) < 4.78 is 11.4. The summed E-state index contributed by atoms with van der Waals surface area (Å²) in [5.74, 6) is -0.825. The van der Waals surface area contributed by atoms with Crippen molar-refractivity contribution in [2.75, 3.05) is 20.1 Å². The minimum absolute atomic E-state index is 0.0749. The average molecular weight is 389 g/mol. The van der Waals surface area contributed by atoms with Crippen molar-refractivity contribution in [3.8, 4) is 0 Å². The van der Waals surface area contributed by atoms with Crippen LogP contribution in [0.15, 0.2) is 33.4 Å². The molecule has 0 amide bonds. The molecular formula is C13H17BINO4. The molecule has 0 bridgehead atoms. The van der Waals surface area contributed by atoms with Gasteiger partial charge in [0.25, 0.3) is 0 Å². The van der Waals surface area contributed by atoms with Crippen molar-refractivity contribution in [1.29, 1.82) is 0 Å². The molecular weight excluding hydrogens is 372 g/mol. The highest BCUT2D eigenvalue weighted by Gasteiger charge is 2.32. The predicted molar refractivity (Wildman–Crippen MR) is 86.1 cm³/mol. The maximum absolute atomic E-state index is 11.6. The molecule has 0 aliphatic carbocycles. The second-order valence-corrected chi connectivity index (χ2v) is 6.23. The molecule has 0 saturated carbocycles. The van der Waals surface area contributed by atoms with Crippen LogP contribution in [-0.4, -0.2) is 44.1 Å². The summed E-state index contributed by atoms with van der Waals surface area (Å²) in [5.41, 5.74) is 0.659. The molecule has 0 spiro atoms. The number of carbonyl (C=O) groups excluding carboxylic acids is 2. The third kappa shape index (κ3) is 6.38. The Labute approximate surface area is 133 Å². The minimum atomic E-state index is -0.946. The molecule has 7 heteroatoms. The number of hydrogen-bond donors (Lipinski definition) is 0.